The van der Waals surface area contributed by atoms with Crippen molar-refractivity contribution in [3.8, 4) is 0 Å². The normalized spacial score (nSPS) is 21.4. The summed E-state index contributed by atoms with van der Waals surface area (Å²) >= 11 is 7.24. The molecule has 2 aromatic rings. The maximum absolute atomic E-state index is 12.2. The molecule has 4 nitrogen and oxygen atoms in total. The number of halogens is 1. The van der Waals surface area contributed by atoms with Gasteiger partial charge in [0, 0.05) is 23.5 Å². The molecule has 1 aliphatic carbocycles. The van der Waals surface area contributed by atoms with Crippen molar-refractivity contribution in [1.29, 1.82) is 0 Å². The Morgan fingerprint density at radius 2 is 1.96 bits per heavy atom. The van der Waals surface area contributed by atoms with Gasteiger partial charge in [0.05, 0.1) is 10.6 Å². The third-order valence-electron chi connectivity index (χ3n) is 4.49. The number of carbonyl (C=O) groups is 1. The molecule has 1 saturated heterocycles. The van der Waals surface area contributed by atoms with Gasteiger partial charge in [-0.05, 0) is 66.6 Å². The predicted octanol–water partition coefficient (Wildman–Crippen LogP) is 5.15. The molecule has 128 valence electrons. The van der Waals surface area contributed by atoms with Crippen LogP contribution < -0.4 is 5.32 Å². The van der Waals surface area contributed by atoms with Crippen LogP contribution in [-0.2, 0) is 4.79 Å². The van der Waals surface area contributed by atoms with Crippen LogP contribution in [0.2, 0.25) is 5.02 Å². The number of thioether (sulfide) groups is 1. The molecule has 0 bridgehead atoms. The first-order valence-electron chi connectivity index (χ1n) is 8.40. The number of hydrogen-bond acceptors (Lipinski definition) is 3. The van der Waals surface area contributed by atoms with Crippen molar-refractivity contribution in [3.63, 3.8) is 0 Å². The topological polar surface area (TPSA) is 46.4 Å². The Balaban J connectivity index is 1.50. The average molecular weight is 372 g/mol. The van der Waals surface area contributed by atoms with Gasteiger partial charge >= 0.3 is 0 Å². The van der Waals surface area contributed by atoms with E-state index in [1.807, 2.05) is 18.2 Å². The fourth-order valence-electron chi connectivity index (χ4n) is 3.21. The zero-order valence-corrected chi connectivity index (χ0v) is 15.2. The van der Waals surface area contributed by atoms with Crippen molar-refractivity contribution in [2.75, 3.05) is 0 Å². The Kier molecular flexibility index (Phi) is 4.68. The number of amides is 1. The molecule has 1 aliphatic heterocycles. The highest BCUT2D eigenvalue weighted by molar-refractivity contribution is 8.18. The van der Waals surface area contributed by atoms with Crippen molar-refractivity contribution in [3.05, 3.63) is 58.2 Å². The summed E-state index contributed by atoms with van der Waals surface area (Å²) < 4.78 is 2.28. The van der Waals surface area contributed by atoms with Crippen LogP contribution in [0.25, 0.3) is 6.08 Å². The van der Waals surface area contributed by atoms with Gasteiger partial charge in [0.2, 0.25) is 0 Å². The van der Waals surface area contributed by atoms with E-state index in [4.69, 9.17) is 11.6 Å². The SMILES string of the molecule is O=C1NC(=Nc2ccc(Cl)cc2)S/C1=C/c1ccn(C2CCCC2)c1. The Bertz CT molecular complexity index is 848. The van der Waals surface area contributed by atoms with Crippen LogP contribution in [0.15, 0.2) is 52.6 Å². The Hall–Kier alpha value is -1.98. The van der Waals surface area contributed by atoms with Crippen LogP contribution in [0.4, 0.5) is 5.69 Å². The van der Waals surface area contributed by atoms with E-state index in [2.05, 4.69) is 33.3 Å². The Morgan fingerprint density at radius 3 is 2.72 bits per heavy atom. The van der Waals surface area contributed by atoms with Crippen LogP contribution in [0.5, 0.6) is 0 Å². The van der Waals surface area contributed by atoms with E-state index in [1.165, 1.54) is 37.4 Å². The first-order valence-corrected chi connectivity index (χ1v) is 9.59. The summed E-state index contributed by atoms with van der Waals surface area (Å²) in [5, 5.41) is 4.07. The summed E-state index contributed by atoms with van der Waals surface area (Å²) in [4.78, 5) is 17.3. The van der Waals surface area contributed by atoms with Crippen molar-refractivity contribution in [1.82, 2.24) is 9.88 Å². The van der Waals surface area contributed by atoms with Crippen LogP contribution >= 0.6 is 23.4 Å². The maximum Gasteiger partial charge on any atom is 0.264 e. The molecule has 6 heteroatoms. The first-order chi connectivity index (χ1) is 12.2. The minimum atomic E-state index is -0.105. The largest absolute Gasteiger partial charge is 0.351 e. The second-order valence-electron chi connectivity index (χ2n) is 6.29. The fraction of sp³-hybridized carbons (Fsp3) is 0.263. The number of hydrogen-bond donors (Lipinski definition) is 1. The van der Waals surface area contributed by atoms with Crippen LogP contribution in [0.1, 0.15) is 37.3 Å². The fourth-order valence-corrected chi connectivity index (χ4v) is 4.18. The molecule has 1 saturated carbocycles. The van der Waals surface area contributed by atoms with E-state index in [0.29, 0.717) is 21.1 Å². The predicted molar refractivity (Wildman–Crippen MR) is 104 cm³/mol. The highest BCUT2D eigenvalue weighted by atomic mass is 35.5. The molecule has 1 N–H and O–H groups in total. The zero-order valence-electron chi connectivity index (χ0n) is 13.6. The third-order valence-corrected chi connectivity index (χ3v) is 5.65. The molecule has 25 heavy (non-hydrogen) atoms. The Labute approximate surface area is 156 Å². The number of carbonyl (C=O) groups excluding carboxylic acids is 1. The lowest BCUT2D eigenvalue weighted by molar-refractivity contribution is -0.115. The van der Waals surface area contributed by atoms with E-state index in [-0.39, 0.29) is 5.91 Å². The van der Waals surface area contributed by atoms with Crippen LogP contribution in [0, 0.1) is 0 Å². The minimum Gasteiger partial charge on any atom is -0.351 e. The number of amidine groups is 1. The zero-order chi connectivity index (χ0) is 17.2. The molecule has 0 atom stereocenters. The van der Waals surface area contributed by atoms with Crippen LogP contribution in [-0.4, -0.2) is 15.6 Å². The maximum atomic E-state index is 12.2. The van der Waals surface area contributed by atoms with E-state index in [9.17, 15) is 4.79 Å². The lowest BCUT2D eigenvalue weighted by Gasteiger charge is -2.10. The van der Waals surface area contributed by atoms with Crippen molar-refractivity contribution in [2.45, 2.75) is 31.7 Å². The van der Waals surface area contributed by atoms with Gasteiger partial charge in [-0.2, -0.15) is 0 Å². The molecule has 0 unspecified atom stereocenters. The van der Waals surface area contributed by atoms with Gasteiger partial charge in [0.15, 0.2) is 5.17 Å². The van der Waals surface area contributed by atoms with Gasteiger partial charge in [-0.3, -0.25) is 4.79 Å². The van der Waals surface area contributed by atoms with E-state index >= 15 is 0 Å². The van der Waals surface area contributed by atoms with E-state index < -0.39 is 0 Å². The first kappa shape index (κ1) is 16.5. The number of nitrogens with one attached hydrogen (secondary N) is 1. The standard InChI is InChI=1S/C19H18ClN3OS/c20-14-5-7-15(8-6-14)21-19-22-18(24)17(25-19)11-13-9-10-23(12-13)16-3-1-2-4-16/h5-12,16H,1-4H2,(H,21,22,24)/b17-11+. The van der Waals surface area contributed by atoms with Gasteiger partial charge in [-0.15, -0.1) is 0 Å². The lowest BCUT2D eigenvalue weighted by atomic mass is 10.2. The van der Waals surface area contributed by atoms with Gasteiger partial charge in [-0.1, -0.05) is 24.4 Å². The average Bonchev–Trinajstić information content (AvgIpc) is 3.32. The second-order valence-corrected chi connectivity index (χ2v) is 7.76. The summed E-state index contributed by atoms with van der Waals surface area (Å²) in [7, 11) is 0. The van der Waals surface area contributed by atoms with Gasteiger partial charge in [0.25, 0.3) is 5.91 Å². The molecule has 0 spiro atoms. The number of aromatic nitrogens is 1. The third kappa shape index (κ3) is 3.83. The molecule has 1 aromatic carbocycles. The highest BCUT2D eigenvalue weighted by Gasteiger charge is 2.24. The molecule has 2 aliphatic rings. The lowest BCUT2D eigenvalue weighted by Crippen LogP contribution is -2.19. The molecule has 0 radical (unpaired) electrons. The summed E-state index contributed by atoms with van der Waals surface area (Å²) in [6.07, 6.45) is 11.3. The summed E-state index contributed by atoms with van der Waals surface area (Å²) in [6, 6.07) is 9.89. The molecular formula is C19H18ClN3OS. The van der Waals surface area contributed by atoms with Gasteiger partial charge in [-0.25, -0.2) is 4.99 Å². The van der Waals surface area contributed by atoms with Crippen molar-refractivity contribution < 1.29 is 4.79 Å². The molecule has 2 heterocycles. The highest BCUT2D eigenvalue weighted by Crippen LogP contribution is 2.31. The van der Waals surface area contributed by atoms with Crippen molar-refractivity contribution >= 4 is 46.2 Å². The Morgan fingerprint density at radius 1 is 1.20 bits per heavy atom. The number of aliphatic imine (C=N–C) groups is 1. The van der Waals surface area contributed by atoms with E-state index in [1.54, 1.807) is 12.1 Å². The molecule has 2 fully saturated rings. The monoisotopic (exact) mass is 371 g/mol. The summed E-state index contributed by atoms with van der Waals surface area (Å²) in [5.41, 5.74) is 1.82. The number of benzene rings is 1. The molecule has 4 rings (SSSR count). The molecule has 1 aromatic heterocycles. The van der Waals surface area contributed by atoms with Crippen LogP contribution in [0.3, 0.4) is 0 Å². The molecule has 1 amide bonds. The number of nitrogens with zero attached hydrogens (tertiary/aromatic N) is 2. The second kappa shape index (κ2) is 7.10. The summed E-state index contributed by atoms with van der Waals surface area (Å²) in [6.45, 7) is 0. The van der Waals surface area contributed by atoms with E-state index in [0.717, 1.165) is 11.3 Å². The molecular weight excluding hydrogens is 354 g/mol. The van der Waals surface area contributed by atoms with Crippen molar-refractivity contribution in [2.24, 2.45) is 4.99 Å². The number of rotatable bonds is 3. The van der Waals surface area contributed by atoms with Gasteiger partial charge < -0.3 is 9.88 Å². The minimum absolute atomic E-state index is 0.105. The quantitative estimate of drug-likeness (QED) is 0.758. The van der Waals surface area contributed by atoms with Gasteiger partial charge in [0.1, 0.15) is 0 Å². The smallest absolute Gasteiger partial charge is 0.264 e. The summed E-state index contributed by atoms with van der Waals surface area (Å²) in [5.74, 6) is -0.105.